The first-order chi connectivity index (χ1) is 9.90. The van der Waals surface area contributed by atoms with Gasteiger partial charge in [0.25, 0.3) is 0 Å². The van der Waals surface area contributed by atoms with Crippen molar-refractivity contribution < 1.29 is 9.47 Å². The number of nitrogens with one attached hydrogen (secondary N) is 1. The standard InChI is InChI=1S/C16H20N2O2/c1-2-4-15-12(3-1)9-18(11-20-15)14-5-6-16-13(7-14)8-17-10-19-16/h1-7,12-13,15-17H,8-11H2. The molecule has 2 saturated heterocycles. The number of allylic oxidation sites excluding steroid dienone is 3. The Balaban J connectivity index is 1.48. The van der Waals surface area contributed by atoms with Crippen LogP contribution in [0, 0.1) is 11.8 Å². The molecule has 0 aromatic rings. The van der Waals surface area contributed by atoms with Crippen LogP contribution in [0.2, 0.25) is 0 Å². The molecule has 4 aliphatic rings. The molecule has 0 aromatic carbocycles. The molecule has 0 spiro atoms. The molecule has 1 N–H and O–H groups in total. The molecule has 4 atom stereocenters. The van der Waals surface area contributed by atoms with Crippen molar-refractivity contribution in [2.45, 2.75) is 12.2 Å². The van der Waals surface area contributed by atoms with Crippen LogP contribution >= 0.6 is 0 Å². The van der Waals surface area contributed by atoms with Gasteiger partial charge >= 0.3 is 0 Å². The summed E-state index contributed by atoms with van der Waals surface area (Å²) in [5.74, 6) is 0.893. The zero-order valence-corrected chi connectivity index (χ0v) is 11.4. The largest absolute Gasteiger partial charge is 0.358 e. The highest BCUT2D eigenvalue weighted by atomic mass is 16.5. The van der Waals surface area contributed by atoms with E-state index in [0.717, 1.165) is 13.1 Å². The minimum absolute atomic E-state index is 0.232. The van der Waals surface area contributed by atoms with Gasteiger partial charge in [0.05, 0.1) is 18.9 Å². The predicted octanol–water partition coefficient (Wildman–Crippen LogP) is 1.40. The highest BCUT2D eigenvalue weighted by molar-refractivity contribution is 5.27. The van der Waals surface area contributed by atoms with Crippen molar-refractivity contribution in [3.63, 3.8) is 0 Å². The maximum atomic E-state index is 5.95. The van der Waals surface area contributed by atoms with Crippen LogP contribution in [0.3, 0.4) is 0 Å². The quantitative estimate of drug-likeness (QED) is 0.782. The van der Waals surface area contributed by atoms with E-state index >= 15 is 0 Å². The van der Waals surface area contributed by atoms with Gasteiger partial charge in [0.2, 0.25) is 0 Å². The highest BCUT2D eigenvalue weighted by Crippen LogP contribution is 2.29. The number of hydrogen-bond donors (Lipinski definition) is 1. The molecule has 0 aromatic heterocycles. The van der Waals surface area contributed by atoms with Crippen LogP contribution in [0.5, 0.6) is 0 Å². The number of fused-ring (bicyclic) bond motifs is 2. The molecule has 2 heterocycles. The number of ether oxygens (including phenoxy) is 2. The summed E-state index contributed by atoms with van der Waals surface area (Å²) < 4.78 is 11.6. The van der Waals surface area contributed by atoms with E-state index in [9.17, 15) is 0 Å². The van der Waals surface area contributed by atoms with Gasteiger partial charge < -0.3 is 14.4 Å². The Hall–Kier alpha value is -1.36. The molecule has 0 amide bonds. The molecule has 2 aliphatic carbocycles. The monoisotopic (exact) mass is 272 g/mol. The molecule has 20 heavy (non-hydrogen) atoms. The Morgan fingerprint density at radius 3 is 2.95 bits per heavy atom. The highest BCUT2D eigenvalue weighted by Gasteiger charge is 2.31. The lowest BCUT2D eigenvalue weighted by molar-refractivity contribution is -0.0552. The van der Waals surface area contributed by atoms with Gasteiger partial charge in [-0.15, -0.1) is 0 Å². The maximum Gasteiger partial charge on any atom is 0.119 e. The summed E-state index contributed by atoms with van der Waals surface area (Å²) in [6.45, 7) is 3.33. The summed E-state index contributed by atoms with van der Waals surface area (Å²) in [5.41, 5.74) is 1.26. The molecule has 4 heteroatoms. The van der Waals surface area contributed by atoms with Gasteiger partial charge in [0.15, 0.2) is 0 Å². The maximum absolute atomic E-state index is 5.95. The van der Waals surface area contributed by atoms with E-state index in [1.165, 1.54) is 5.70 Å². The molecular formula is C16H20N2O2. The van der Waals surface area contributed by atoms with Gasteiger partial charge in [-0.1, -0.05) is 36.5 Å². The van der Waals surface area contributed by atoms with Crippen LogP contribution in [-0.2, 0) is 9.47 Å². The van der Waals surface area contributed by atoms with E-state index < -0.39 is 0 Å². The molecular weight excluding hydrogens is 252 g/mol. The summed E-state index contributed by atoms with van der Waals surface area (Å²) >= 11 is 0. The fourth-order valence-electron chi connectivity index (χ4n) is 3.29. The second-order valence-electron chi connectivity index (χ2n) is 5.76. The fraction of sp³-hybridized carbons (Fsp3) is 0.500. The molecule has 0 bridgehead atoms. The Morgan fingerprint density at radius 1 is 1.05 bits per heavy atom. The minimum atomic E-state index is 0.232. The summed E-state index contributed by atoms with van der Waals surface area (Å²) in [4.78, 5) is 2.33. The topological polar surface area (TPSA) is 33.7 Å². The second-order valence-corrected chi connectivity index (χ2v) is 5.76. The Morgan fingerprint density at radius 2 is 1.95 bits per heavy atom. The molecule has 0 radical (unpaired) electrons. The summed E-state index contributed by atoms with van der Waals surface area (Å²) in [5, 5.41) is 3.28. The van der Waals surface area contributed by atoms with E-state index in [-0.39, 0.29) is 12.2 Å². The minimum Gasteiger partial charge on any atom is -0.358 e. The number of rotatable bonds is 1. The van der Waals surface area contributed by atoms with Gasteiger partial charge in [0.1, 0.15) is 6.73 Å². The van der Waals surface area contributed by atoms with Crippen LogP contribution < -0.4 is 5.32 Å². The van der Waals surface area contributed by atoms with E-state index in [1.807, 2.05) is 0 Å². The summed E-state index contributed by atoms with van der Waals surface area (Å²) in [6.07, 6.45) is 15.8. The van der Waals surface area contributed by atoms with E-state index in [2.05, 4.69) is 52.7 Å². The third kappa shape index (κ3) is 2.24. The normalized spacial score (nSPS) is 39.2. The Bertz CT molecular complexity index is 495. The van der Waals surface area contributed by atoms with Gasteiger partial charge in [-0.3, -0.25) is 5.32 Å². The van der Waals surface area contributed by atoms with Crippen LogP contribution in [0.15, 0.2) is 48.2 Å². The second kappa shape index (κ2) is 5.20. The number of hydrogen-bond acceptors (Lipinski definition) is 4. The van der Waals surface area contributed by atoms with E-state index in [0.29, 0.717) is 25.3 Å². The fourth-order valence-corrected chi connectivity index (χ4v) is 3.29. The van der Waals surface area contributed by atoms with Crippen LogP contribution in [0.1, 0.15) is 0 Å². The molecule has 2 aliphatic heterocycles. The smallest absolute Gasteiger partial charge is 0.119 e. The molecule has 4 unspecified atom stereocenters. The van der Waals surface area contributed by atoms with Crippen LogP contribution in [0.4, 0.5) is 0 Å². The molecule has 4 rings (SSSR count). The first-order valence-electron chi connectivity index (χ1n) is 7.34. The van der Waals surface area contributed by atoms with Crippen molar-refractivity contribution in [1.29, 1.82) is 0 Å². The zero-order chi connectivity index (χ0) is 13.4. The van der Waals surface area contributed by atoms with Crippen LogP contribution in [-0.4, -0.2) is 43.7 Å². The van der Waals surface area contributed by atoms with Crippen LogP contribution in [0.25, 0.3) is 0 Å². The van der Waals surface area contributed by atoms with Crippen molar-refractivity contribution in [1.82, 2.24) is 10.2 Å². The number of nitrogens with zero attached hydrogens (tertiary/aromatic N) is 1. The van der Waals surface area contributed by atoms with Gasteiger partial charge in [0, 0.05) is 30.6 Å². The van der Waals surface area contributed by atoms with Gasteiger partial charge in [-0.2, -0.15) is 0 Å². The Labute approximate surface area is 119 Å². The lowest BCUT2D eigenvalue weighted by Gasteiger charge is -2.41. The average molecular weight is 272 g/mol. The lowest BCUT2D eigenvalue weighted by atomic mass is 9.92. The van der Waals surface area contributed by atoms with Gasteiger partial charge in [-0.05, 0) is 6.08 Å². The van der Waals surface area contributed by atoms with Crippen molar-refractivity contribution in [2.75, 3.05) is 26.6 Å². The first kappa shape index (κ1) is 12.4. The third-order valence-corrected chi connectivity index (χ3v) is 4.43. The molecule has 2 fully saturated rings. The van der Waals surface area contributed by atoms with Gasteiger partial charge in [-0.25, -0.2) is 0 Å². The van der Waals surface area contributed by atoms with Crippen molar-refractivity contribution >= 4 is 0 Å². The SMILES string of the molecule is C1=CC2CN(C3=CC4CNCOC4C=C3)COC2C=C1. The first-order valence-corrected chi connectivity index (χ1v) is 7.34. The van der Waals surface area contributed by atoms with Crippen molar-refractivity contribution in [3.8, 4) is 0 Å². The predicted molar refractivity (Wildman–Crippen MR) is 76.7 cm³/mol. The zero-order valence-electron chi connectivity index (χ0n) is 11.4. The van der Waals surface area contributed by atoms with E-state index in [1.54, 1.807) is 0 Å². The third-order valence-electron chi connectivity index (χ3n) is 4.43. The average Bonchev–Trinajstić information content (AvgIpc) is 2.54. The molecule has 0 saturated carbocycles. The van der Waals surface area contributed by atoms with Crippen molar-refractivity contribution in [2.24, 2.45) is 11.8 Å². The lowest BCUT2D eigenvalue weighted by Crippen LogP contribution is -2.45. The molecule has 106 valence electrons. The molecule has 4 nitrogen and oxygen atoms in total. The van der Waals surface area contributed by atoms with E-state index in [4.69, 9.17) is 9.47 Å². The Kier molecular flexibility index (Phi) is 3.22. The summed E-state index contributed by atoms with van der Waals surface area (Å²) in [6, 6.07) is 0. The van der Waals surface area contributed by atoms with Crippen molar-refractivity contribution in [3.05, 3.63) is 48.2 Å². The summed E-state index contributed by atoms with van der Waals surface area (Å²) in [7, 11) is 0.